The smallest absolute Gasteiger partial charge is 0.417 e. The molecule has 0 radical (unpaired) electrons. The summed E-state index contributed by atoms with van der Waals surface area (Å²) in [6.07, 6.45) is -4.58. The molecule has 6 heteroatoms. The van der Waals surface area contributed by atoms with Crippen molar-refractivity contribution >= 4 is 21.7 Å². The van der Waals surface area contributed by atoms with E-state index >= 15 is 0 Å². The quantitative estimate of drug-likeness (QED) is 0.629. The van der Waals surface area contributed by atoms with Crippen LogP contribution in [0.3, 0.4) is 0 Å². The van der Waals surface area contributed by atoms with E-state index in [4.69, 9.17) is 4.74 Å². The highest BCUT2D eigenvalue weighted by atomic mass is 79.9. The van der Waals surface area contributed by atoms with Gasteiger partial charge < -0.3 is 4.74 Å². The van der Waals surface area contributed by atoms with Crippen LogP contribution in [0.2, 0.25) is 0 Å². The lowest BCUT2D eigenvalue weighted by molar-refractivity contribution is -0.138. The molecule has 0 saturated carbocycles. The number of rotatable bonds is 3. The van der Waals surface area contributed by atoms with Gasteiger partial charge in [-0.25, -0.2) is 0 Å². The van der Waals surface area contributed by atoms with Gasteiger partial charge in [-0.2, -0.15) is 13.2 Å². The topological polar surface area (TPSA) is 26.3 Å². The molecular weight excluding hydrogens is 301 g/mol. The molecule has 1 aromatic rings. The van der Waals surface area contributed by atoms with Crippen LogP contribution in [0.1, 0.15) is 22.8 Å². The van der Waals surface area contributed by atoms with E-state index < -0.39 is 22.4 Å². The van der Waals surface area contributed by atoms with E-state index in [1.54, 1.807) is 0 Å². The zero-order valence-electron chi connectivity index (χ0n) is 9.14. The van der Waals surface area contributed by atoms with Crippen LogP contribution >= 0.6 is 15.9 Å². The molecule has 17 heavy (non-hydrogen) atoms. The van der Waals surface area contributed by atoms with Crippen molar-refractivity contribution in [3.05, 3.63) is 29.3 Å². The second-order valence-electron chi connectivity index (χ2n) is 3.39. The number of carbonyl (C=O) groups excluding carboxylic acids is 1. The number of alkyl halides is 4. The number of methoxy groups -OCH3 is 1. The highest BCUT2D eigenvalue weighted by Gasteiger charge is 2.36. The Labute approximate surface area is 105 Å². The molecule has 0 amide bonds. The Balaban J connectivity index is 3.35. The number of ether oxygens (including phenoxy) is 1. The first-order valence-corrected chi connectivity index (χ1v) is 5.62. The first kappa shape index (κ1) is 14.0. The number of halogens is 4. The van der Waals surface area contributed by atoms with Crippen LogP contribution in [0.5, 0.6) is 5.75 Å². The lowest BCUT2D eigenvalue weighted by Gasteiger charge is -2.14. The van der Waals surface area contributed by atoms with E-state index in [1.807, 2.05) is 0 Å². The molecule has 0 N–H and O–H groups in total. The largest absolute Gasteiger partial charge is 0.497 e. The van der Waals surface area contributed by atoms with Crippen LogP contribution in [-0.4, -0.2) is 17.7 Å². The van der Waals surface area contributed by atoms with Crippen molar-refractivity contribution in [3.63, 3.8) is 0 Å². The minimum absolute atomic E-state index is 0.0658. The van der Waals surface area contributed by atoms with Crippen molar-refractivity contribution in [3.8, 4) is 5.75 Å². The number of hydrogen-bond donors (Lipinski definition) is 0. The van der Waals surface area contributed by atoms with Gasteiger partial charge >= 0.3 is 6.18 Å². The molecule has 1 atom stereocenters. The standard InChI is InChI=1S/C11H10BrF3O2/c1-6(12)10(16)8-4-3-7(17-2)5-9(8)11(13,14)15/h3-6H,1-2H3. The Kier molecular flexibility index (Phi) is 4.19. The summed E-state index contributed by atoms with van der Waals surface area (Å²) >= 11 is 2.96. The Hall–Kier alpha value is -1.04. The predicted molar refractivity (Wildman–Crippen MR) is 60.7 cm³/mol. The van der Waals surface area contributed by atoms with Gasteiger partial charge in [-0.15, -0.1) is 0 Å². The molecule has 0 fully saturated rings. The van der Waals surface area contributed by atoms with Crippen LogP contribution in [0.4, 0.5) is 13.2 Å². The molecule has 2 nitrogen and oxygen atoms in total. The van der Waals surface area contributed by atoms with Crippen molar-refractivity contribution in [2.45, 2.75) is 17.9 Å². The van der Waals surface area contributed by atoms with Gasteiger partial charge in [-0.3, -0.25) is 4.79 Å². The molecule has 0 spiro atoms. The molecule has 1 aromatic carbocycles. The highest BCUT2D eigenvalue weighted by molar-refractivity contribution is 9.10. The van der Waals surface area contributed by atoms with Gasteiger partial charge in [0.25, 0.3) is 0 Å². The molecule has 1 unspecified atom stereocenters. The van der Waals surface area contributed by atoms with Gasteiger partial charge in [0.1, 0.15) is 5.75 Å². The van der Waals surface area contributed by atoms with E-state index in [0.29, 0.717) is 0 Å². The number of hydrogen-bond acceptors (Lipinski definition) is 2. The Morgan fingerprint density at radius 1 is 1.41 bits per heavy atom. The van der Waals surface area contributed by atoms with E-state index in [-0.39, 0.29) is 11.3 Å². The number of benzene rings is 1. The number of Topliss-reactive ketones (excluding diaryl/α,β-unsaturated/α-hetero) is 1. The molecule has 0 aliphatic rings. The molecule has 1 rings (SSSR count). The van der Waals surface area contributed by atoms with Gasteiger partial charge in [0.2, 0.25) is 0 Å². The summed E-state index contributed by atoms with van der Waals surface area (Å²) in [6, 6.07) is 3.28. The SMILES string of the molecule is COc1ccc(C(=O)C(C)Br)c(C(F)(F)F)c1. The van der Waals surface area contributed by atoms with E-state index in [9.17, 15) is 18.0 Å². The van der Waals surface area contributed by atoms with Crippen molar-refractivity contribution in [2.75, 3.05) is 7.11 Å². The fourth-order valence-corrected chi connectivity index (χ4v) is 1.56. The van der Waals surface area contributed by atoms with E-state index in [1.165, 1.54) is 20.1 Å². The average molecular weight is 311 g/mol. The lowest BCUT2D eigenvalue weighted by Crippen LogP contribution is -2.17. The first-order valence-electron chi connectivity index (χ1n) is 4.71. The van der Waals surface area contributed by atoms with Crippen LogP contribution in [-0.2, 0) is 6.18 Å². The molecule has 0 aliphatic carbocycles. The maximum Gasteiger partial charge on any atom is 0.417 e. The van der Waals surface area contributed by atoms with Gasteiger partial charge in [-0.1, -0.05) is 15.9 Å². The number of carbonyl (C=O) groups is 1. The summed E-state index contributed by atoms with van der Waals surface area (Å²) in [6.45, 7) is 1.48. The average Bonchev–Trinajstić information content (AvgIpc) is 2.26. The van der Waals surface area contributed by atoms with E-state index in [0.717, 1.165) is 12.1 Å². The molecule has 0 bridgehead atoms. The molecule has 94 valence electrons. The third-order valence-electron chi connectivity index (χ3n) is 2.16. The zero-order valence-corrected chi connectivity index (χ0v) is 10.7. The van der Waals surface area contributed by atoms with Crippen LogP contribution in [0.15, 0.2) is 18.2 Å². The normalized spacial score (nSPS) is 13.3. The zero-order chi connectivity index (χ0) is 13.2. The fourth-order valence-electron chi connectivity index (χ4n) is 1.31. The Bertz CT molecular complexity index is 427. The summed E-state index contributed by atoms with van der Waals surface area (Å²) in [7, 11) is 1.27. The minimum atomic E-state index is -4.58. The molecule has 0 heterocycles. The van der Waals surface area contributed by atoms with Crippen LogP contribution < -0.4 is 4.74 Å². The van der Waals surface area contributed by atoms with Gasteiger partial charge in [-0.05, 0) is 25.1 Å². The van der Waals surface area contributed by atoms with E-state index in [2.05, 4.69) is 15.9 Å². The summed E-state index contributed by atoms with van der Waals surface area (Å²) in [4.78, 5) is 11.0. The van der Waals surface area contributed by atoms with Crippen LogP contribution in [0, 0.1) is 0 Å². The highest BCUT2D eigenvalue weighted by Crippen LogP contribution is 2.35. The van der Waals surface area contributed by atoms with Crippen molar-refractivity contribution in [1.29, 1.82) is 0 Å². The molecule has 0 aliphatic heterocycles. The van der Waals surface area contributed by atoms with Crippen molar-refractivity contribution in [1.82, 2.24) is 0 Å². The Morgan fingerprint density at radius 2 is 2.00 bits per heavy atom. The summed E-state index contributed by atoms with van der Waals surface area (Å²) in [5.41, 5.74) is -1.34. The minimum Gasteiger partial charge on any atom is -0.497 e. The Morgan fingerprint density at radius 3 is 2.41 bits per heavy atom. The third-order valence-corrected chi connectivity index (χ3v) is 2.57. The summed E-state index contributed by atoms with van der Waals surface area (Å²) < 4.78 is 43.0. The summed E-state index contributed by atoms with van der Waals surface area (Å²) in [5, 5.41) is 0. The molecular formula is C11H10BrF3O2. The summed E-state index contributed by atoms with van der Waals surface area (Å²) in [5.74, 6) is -0.545. The fraction of sp³-hybridized carbons (Fsp3) is 0.364. The van der Waals surface area contributed by atoms with Gasteiger partial charge in [0.15, 0.2) is 5.78 Å². The lowest BCUT2D eigenvalue weighted by atomic mass is 10.0. The van der Waals surface area contributed by atoms with Crippen LogP contribution in [0.25, 0.3) is 0 Å². The third kappa shape index (κ3) is 3.21. The van der Waals surface area contributed by atoms with Gasteiger partial charge in [0, 0.05) is 5.56 Å². The van der Waals surface area contributed by atoms with Crippen molar-refractivity contribution in [2.24, 2.45) is 0 Å². The second-order valence-corrected chi connectivity index (χ2v) is 4.76. The molecule has 0 saturated heterocycles. The number of ketones is 1. The van der Waals surface area contributed by atoms with Crippen molar-refractivity contribution < 1.29 is 22.7 Å². The first-order chi connectivity index (χ1) is 7.77. The van der Waals surface area contributed by atoms with Gasteiger partial charge in [0.05, 0.1) is 17.5 Å². The monoisotopic (exact) mass is 310 g/mol. The predicted octanol–water partition coefficient (Wildman–Crippen LogP) is 3.68. The molecule has 0 aromatic heterocycles. The second kappa shape index (κ2) is 5.08. The maximum absolute atomic E-state index is 12.8. The maximum atomic E-state index is 12.8.